The second-order valence-electron chi connectivity index (χ2n) is 5.57. The Labute approximate surface area is 116 Å². The zero-order valence-electron chi connectivity index (χ0n) is 11.7. The van der Waals surface area contributed by atoms with E-state index in [9.17, 15) is 9.90 Å². The van der Waals surface area contributed by atoms with Gasteiger partial charge in [-0.3, -0.25) is 9.20 Å². The number of aryl methyl sites for hydroxylation is 2. The maximum atomic E-state index is 11.5. The molecule has 2 aromatic heterocycles. The van der Waals surface area contributed by atoms with Crippen molar-refractivity contribution in [3.05, 3.63) is 23.3 Å². The number of carbonyl (C=O) groups is 1. The largest absolute Gasteiger partial charge is 0.481 e. The third-order valence-corrected chi connectivity index (χ3v) is 4.13. The van der Waals surface area contributed by atoms with E-state index < -0.39 is 5.97 Å². The summed E-state index contributed by atoms with van der Waals surface area (Å²) in [5, 5.41) is 17.8. The number of carboxylic acids is 1. The molecule has 1 aliphatic rings. The molecule has 1 aliphatic carbocycles. The Kier molecular flexibility index (Phi) is 3.16. The Morgan fingerprint density at radius 2 is 2.05 bits per heavy atom. The van der Waals surface area contributed by atoms with Crippen molar-refractivity contribution in [1.29, 1.82) is 0 Å². The third-order valence-electron chi connectivity index (χ3n) is 4.13. The van der Waals surface area contributed by atoms with Crippen LogP contribution in [0.3, 0.4) is 0 Å². The number of aromatic nitrogens is 4. The fraction of sp³-hybridized carbons (Fsp3) is 0.571. The molecule has 2 atom stereocenters. The number of carboxylic acid groups (broad SMARTS) is 1. The Balaban J connectivity index is 2.11. The predicted molar refractivity (Wildman–Crippen MR) is 72.6 cm³/mol. The lowest BCUT2D eigenvalue weighted by Crippen LogP contribution is -2.27. The minimum atomic E-state index is -0.732. The molecule has 1 fully saturated rings. The molecule has 1 saturated carbocycles. The van der Waals surface area contributed by atoms with Crippen LogP contribution in [0.2, 0.25) is 0 Å². The minimum absolute atomic E-state index is 0.0699. The van der Waals surface area contributed by atoms with E-state index in [0.717, 1.165) is 36.5 Å². The van der Waals surface area contributed by atoms with Gasteiger partial charge in [0.2, 0.25) is 0 Å². The summed E-state index contributed by atoms with van der Waals surface area (Å²) < 4.78 is 1.90. The molecule has 20 heavy (non-hydrogen) atoms. The van der Waals surface area contributed by atoms with Crippen LogP contribution in [0, 0.1) is 19.8 Å². The topological polar surface area (TPSA) is 80.4 Å². The molecular weight excluding hydrogens is 256 g/mol. The highest BCUT2D eigenvalue weighted by Gasteiger charge is 2.35. The molecule has 0 bridgehead atoms. The van der Waals surface area contributed by atoms with E-state index in [1.807, 2.05) is 24.3 Å². The summed E-state index contributed by atoms with van der Waals surface area (Å²) in [7, 11) is 0. The zero-order valence-corrected chi connectivity index (χ0v) is 11.7. The Morgan fingerprint density at radius 1 is 1.30 bits per heavy atom. The van der Waals surface area contributed by atoms with E-state index >= 15 is 0 Å². The first-order chi connectivity index (χ1) is 9.58. The first-order valence-electron chi connectivity index (χ1n) is 7.00. The molecule has 106 valence electrons. The van der Waals surface area contributed by atoms with Gasteiger partial charge in [0.25, 0.3) is 5.78 Å². The van der Waals surface area contributed by atoms with Crippen LogP contribution >= 0.6 is 0 Å². The van der Waals surface area contributed by atoms with Gasteiger partial charge < -0.3 is 5.11 Å². The fourth-order valence-electron chi connectivity index (χ4n) is 3.23. The van der Waals surface area contributed by atoms with Crippen LogP contribution < -0.4 is 0 Å². The van der Waals surface area contributed by atoms with Crippen LogP contribution in [0.4, 0.5) is 0 Å². The Hall–Kier alpha value is -1.98. The first-order valence-corrected chi connectivity index (χ1v) is 7.00. The van der Waals surface area contributed by atoms with Gasteiger partial charge in [0, 0.05) is 17.3 Å². The van der Waals surface area contributed by atoms with Crippen molar-refractivity contribution in [1.82, 2.24) is 19.6 Å². The number of aliphatic carboxylic acids is 1. The van der Waals surface area contributed by atoms with Gasteiger partial charge in [0.15, 0.2) is 0 Å². The summed E-state index contributed by atoms with van der Waals surface area (Å²) in [6.45, 7) is 3.90. The summed E-state index contributed by atoms with van der Waals surface area (Å²) in [6, 6.07) is 1.97. The van der Waals surface area contributed by atoms with Gasteiger partial charge in [0.05, 0.1) is 5.92 Å². The molecule has 0 radical (unpaired) electrons. The van der Waals surface area contributed by atoms with Crippen molar-refractivity contribution < 1.29 is 9.90 Å². The minimum Gasteiger partial charge on any atom is -0.481 e. The van der Waals surface area contributed by atoms with E-state index in [2.05, 4.69) is 15.2 Å². The molecule has 1 N–H and O–H groups in total. The van der Waals surface area contributed by atoms with Crippen LogP contribution in [-0.2, 0) is 4.79 Å². The molecule has 2 heterocycles. The average molecular weight is 274 g/mol. The molecule has 2 aromatic rings. The monoisotopic (exact) mass is 274 g/mol. The molecule has 6 nitrogen and oxygen atoms in total. The molecule has 0 saturated heterocycles. The highest BCUT2D eigenvalue weighted by atomic mass is 16.4. The van der Waals surface area contributed by atoms with Crippen LogP contribution in [0.1, 0.15) is 48.8 Å². The molecule has 2 unspecified atom stereocenters. The van der Waals surface area contributed by atoms with Gasteiger partial charge in [-0.05, 0) is 32.8 Å². The second kappa shape index (κ2) is 4.85. The predicted octanol–water partition coefficient (Wildman–Crippen LogP) is 2.10. The van der Waals surface area contributed by atoms with Gasteiger partial charge in [-0.25, -0.2) is 4.98 Å². The molecule has 6 heteroatoms. The van der Waals surface area contributed by atoms with Crippen LogP contribution in [-0.4, -0.2) is 30.7 Å². The summed E-state index contributed by atoms with van der Waals surface area (Å²) in [6.07, 6.45) is 3.58. The lowest BCUT2D eigenvalue weighted by molar-refractivity contribution is -0.143. The van der Waals surface area contributed by atoms with Gasteiger partial charge in [-0.1, -0.05) is 12.8 Å². The van der Waals surface area contributed by atoms with E-state index in [4.69, 9.17) is 0 Å². The highest BCUT2D eigenvalue weighted by molar-refractivity contribution is 5.71. The normalized spacial score (nSPS) is 23.1. The molecule has 0 aliphatic heterocycles. The molecule has 3 rings (SSSR count). The van der Waals surface area contributed by atoms with Crippen molar-refractivity contribution in [2.45, 2.75) is 45.4 Å². The third kappa shape index (κ3) is 2.05. The lowest BCUT2D eigenvalue weighted by Gasteiger charge is -2.27. The maximum absolute atomic E-state index is 11.5. The van der Waals surface area contributed by atoms with Crippen molar-refractivity contribution in [3.63, 3.8) is 0 Å². The van der Waals surface area contributed by atoms with Crippen molar-refractivity contribution in [3.8, 4) is 0 Å². The van der Waals surface area contributed by atoms with Crippen LogP contribution in [0.15, 0.2) is 6.07 Å². The maximum Gasteiger partial charge on any atom is 0.307 e. The van der Waals surface area contributed by atoms with Gasteiger partial charge in [0.1, 0.15) is 5.82 Å². The second-order valence-corrected chi connectivity index (χ2v) is 5.57. The smallest absolute Gasteiger partial charge is 0.307 e. The quantitative estimate of drug-likeness (QED) is 0.907. The van der Waals surface area contributed by atoms with E-state index in [-0.39, 0.29) is 11.8 Å². The number of hydrogen-bond donors (Lipinski definition) is 1. The molecule has 0 spiro atoms. The van der Waals surface area contributed by atoms with Gasteiger partial charge >= 0.3 is 5.97 Å². The van der Waals surface area contributed by atoms with Gasteiger partial charge in [-0.15, -0.1) is 10.2 Å². The van der Waals surface area contributed by atoms with Crippen molar-refractivity contribution >= 4 is 11.7 Å². The molecule has 0 aromatic carbocycles. The number of fused-ring (bicyclic) bond motifs is 1. The highest BCUT2D eigenvalue weighted by Crippen LogP contribution is 2.37. The van der Waals surface area contributed by atoms with Crippen molar-refractivity contribution in [2.24, 2.45) is 5.92 Å². The molecule has 0 amide bonds. The average Bonchev–Trinajstić information content (AvgIpc) is 2.82. The standard InChI is InChI=1S/C14H18N4O2/c1-8-7-9(2)18-12(16-17-14(18)15-8)10-5-3-4-6-11(10)13(19)20/h7,10-11H,3-6H2,1-2H3,(H,19,20). The Bertz CT molecular complexity index is 664. The Morgan fingerprint density at radius 3 is 2.80 bits per heavy atom. The van der Waals surface area contributed by atoms with E-state index in [0.29, 0.717) is 12.2 Å². The number of hydrogen-bond acceptors (Lipinski definition) is 4. The number of rotatable bonds is 2. The van der Waals surface area contributed by atoms with Crippen LogP contribution in [0.5, 0.6) is 0 Å². The van der Waals surface area contributed by atoms with E-state index in [1.165, 1.54) is 0 Å². The molecular formula is C14H18N4O2. The summed E-state index contributed by atoms with van der Waals surface area (Å²) in [4.78, 5) is 15.8. The van der Waals surface area contributed by atoms with Gasteiger partial charge in [-0.2, -0.15) is 0 Å². The fourth-order valence-corrected chi connectivity index (χ4v) is 3.23. The first kappa shape index (κ1) is 13.0. The SMILES string of the molecule is Cc1cc(C)n2c(C3CCCCC3C(=O)O)nnc2n1. The van der Waals surface area contributed by atoms with Crippen LogP contribution in [0.25, 0.3) is 5.78 Å². The number of nitrogens with zero attached hydrogens (tertiary/aromatic N) is 4. The lowest BCUT2D eigenvalue weighted by atomic mass is 9.79. The van der Waals surface area contributed by atoms with Crippen molar-refractivity contribution in [2.75, 3.05) is 0 Å². The van der Waals surface area contributed by atoms with E-state index in [1.54, 1.807) is 0 Å². The zero-order chi connectivity index (χ0) is 14.3. The summed E-state index contributed by atoms with van der Waals surface area (Å²) >= 11 is 0. The summed E-state index contributed by atoms with van der Waals surface area (Å²) in [5.41, 5.74) is 1.90. The summed E-state index contributed by atoms with van der Waals surface area (Å²) in [5.74, 6) is 0.143.